The molecule has 7 rings (SSSR count). The summed E-state index contributed by atoms with van der Waals surface area (Å²) in [6, 6.07) is 6.80. The summed E-state index contributed by atoms with van der Waals surface area (Å²) < 4.78 is 14.2. The van der Waals surface area contributed by atoms with Crippen molar-refractivity contribution in [3.8, 4) is 22.5 Å². The fraction of sp³-hybridized carbons (Fsp3) is 0.531. The lowest BCUT2D eigenvalue weighted by atomic mass is 9.84. The Labute approximate surface area is 457 Å². The first kappa shape index (κ1) is 63.2. The van der Waals surface area contributed by atoms with Crippen LogP contribution in [0.4, 0.5) is 4.79 Å². The number of aryl methyl sites for hydroxylation is 1. The van der Waals surface area contributed by atoms with E-state index in [1.165, 1.54) is 27.3 Å². The van der Waals surface area contributed by atoms with E-state index in [9.17, 15) is 24.0 Å². The van der Waals surface area contributed by atoms with Crippen molar-refractivity contribution in [2.45, 2.75) is 117 Å². The highest BCUT2D eigenvalue weighted by molar-refractivity contribution is 7.60. The average molecular weight is 1090 g/mol. The molecule has 0 spiro atoms. The second-order valence-corrected chi connectivity index (χ2v) is 19.9. The molecule has 5 amide bonds. The number of hydrazine groups is 1. The Balaban J connectivity index is 0.00000346. The second kappa shape index (κ2) is 26.4. The minimum atomic E-state index is -1.09. The number of pyridine rings is 1. The number of esters is 1. The third-order valence-corrected chi connectivity index (χ3v) is 14.2. The molecule has 5 heterocycles. The number of carbonyl (C=O) groups is 5. The molecule has 22 heteroatoms. The number of thiazole rings is 1. The Morgan fingerprint density at radius 3 is 2.39 bits per heavy atom. The number of fused-ring (bicyclic) bond motifs is 6. The number of aromatic nitrogens is 3. The normalized spacial score (nSPS) is 20.1. The average Bonchev–Trinajstić information content (AvgIpc) is 3.88. The van der Waals surface area contributed by atoms with Crippen molar-refractivity contribution >= 4 is 119 Å². The maximum atomic E-state index is 14.6. The number of nitrogens with zero attached hydrogens (tertiary/aromatic N) is 7. The van der Waals surface area contributed by atoms with Gasteiger partial charge >= 0.3 is 12.0 Å². The van der Waals surface area contributed by atoms with Crippen molar-refractivity contribution in [3.63, 3.8) is 0 Å². The lowest BCUT2D eigenvalue weighted by molar-refractivity contribution is -0.155. The van der Waals surface area contributed by atoms with Crippen LogP contribution < -0.4 is 10.7 Å². The van der Waals surface area contributed by atoms with Crippen molar-refractivity contribution in [1.82, 2.24) is 45.0 Å². The molecule has 16 nitrogen and oxygen atoms in total. The molecule has 3 aliphatic rings. The van der Waals surface area contributed by atoms with Gasteiger partial charge in [-0.3, -0.25) is 29.2 Å². The summed E-state index contributed by atoms with van der Waals surface area (Å²) in [5.41, 5.74) is 9.23. The summed E-state index contributed by atoms with van der Waals surface area (Å²) in [6.07, 6.45) is 5.02. The highest BCUT2D eigenvalue weighted by atomic mass is 32.1. The standard InChI is InChI=1S/C49H65N9O7S.5H2S/c1-12-41(59)54(8)38-24-39(38)55(9)48(63)56(10)43(28(3)4)45(60)52-35-23-40-51-36(26-66-40)30-18-19-37-32(22-30)33(44(57(37)13-2)31-16-14-20-50-42(31)29(5)64-11)25-49(6,7)27-65-47(62)34-17-15-21-58(53-34)46(35)61;;;;;/h12,14,16,18-20,22,26,28-29,34-35,38-39,43,53H,1,13,15,17,21,23-25,27H2,2-11H3,(H,52,60);5*1H2/t29-,34-,35-,38-,39?,43-;;;;;/m0...../s1. The highest BCUT2D eigenvalue weighted by Crippen LogP contribution is 2.42. The van der Waals surface area contributed by atoms with Crippen molar-refractivity contribution < 1.29 is 33.4 Å². The molecular formula is C49H75N9O7S6. The zero-order valence-electron chi connectivity index (χ0n) is 42.4. The number of hydrogen-bond acceptors (Lipinski definition) is 11. The van der Waals surface area contributed by atoms with Crippen molar-refractivity contribution in [3.05, 3.63) is 70.8 Å². The number of ether oxygens (including phenoxy) is 2. The van der Waals surface area contributed by atoms with Gasteiger partial charge in [0, 0.05) is 86.8 Å². The monoisotopic (exact) mass is 1090 g/mol. The predicted octanol–water partition coefficient (Wildman–Crippen LogP) is 6.56. The van der Waals surface area contributed by atoms with E-state index in [2.05, 4.69) is 66.9 Å². The van der Waals surface area contributed by atoms with E-state index in [0.717, 1.165) is 44.7 Å². The Bertz CT molecular complexity index is 2520. The zero-order valence-corrected chi connectivity index (χ0v) is 48.2. The van der Waals surface area contributed by atoms with Gasteiger partial charge in [0.2, 0.25) is 11.8 Å². The number of carbonyl (C=O) groups excluding carboxylic acids is 5. The van der Waals surface area contributed by atoms with Crippen LogP contribution in [0.5, 0.6) is 0 Å². The van der Waals surface area contributed by atoms with Crippen LogP contribution in [0, 0.1) is 11.3 Å². The molecular weight excluding hydrogens is 1020 g/mol. The summed E-state index contributed by atoms with van der Waals surface area (Å²) in [5, 5.41) is 8.08. The third kappa shape index (κ3) is 13.5. The molecule has 0 radical (unpaired) electrons. The second-order valence-electron chi connectivity index (χ2n) is 19.0. The van der Waals surface area contributed by atoms with Crippen molar-refractivity contribution in [2.24, 2.45) is 11.3 Å². The van der Waals surface area contributed by atoms with Crippen LogP contribution in [0.2, 0.25) is 0 Å². The summed E-state index contributed by atoms with van der Waals surface area (Å²) in [4.78, 5) is 83.6. The van der Waals surface area contributed by atoms with E-state index in [0.29, 0.717) is 43.8 Å². The Kier molecular flexibility index (Phi) is 23.5. The molecule has 2 fully saturated rings. The maximum absolute atomic E-state index is 14.6. The van der Waals surface area contributed by atoms with E-state index in [-0.39, 0.29) is 117 Å². The Hall–Kier alpha value is -3.90. The smallest absolute Gasteiger partial charge is 0.324 e. The number of cyclic esters (lactones) is 1. The molecule has 6 atom stereocenters. The van der Waals surface area contributed by atoms with Crippen LogP contribution in [0.1, 0.15) is 83.2 Å². The fourth-order valence-corrected chi connectivity index (χ4v) is 10.4. The first-order chi connectivity index (χ1) is 31.4. The molecule has 1 saturated carbocycles. The summed E-state index contributed by atoms with van der Waals surface area (Å²) in [7, 11) is 6.61. The fourth-order valence-electron chi connectivity index (χ4n) is 9.57. The van der Waals surface area contributed by atoms with Gasteiger partial charge in [0.1, 0.15) is 18.1 Å². The van der Waals surface area contributed by atoms with Crippen LogP contribution in [0.3, 0.4) is 0 Å². The summed E-state index contributed by atoms with van der Waals surface area (Å²) in [5.74, 6) is -1.95. The van der Waals surface area contributed by atoms with Crippen LogP contribution in [0.25, 0.3) is 33.4 Å². The minimum Gasteiger partial charge on any atom is -0.464 e. The number of amides is 5. The molecule has 1 aliphatic carbocycles. The van der Waals surface area contributed by atoms with Gasteiger partial charge in [-0.15, -0.1) is 11.3 Å². The van der Waals surface area contributed by atoms with Gasteiger partial charge in [-0.1, -0.05) is 40.3 Å². The number of urea groups is 1. The molecule has 1 saturated heterocycles. The van der Waals surface area contributed by atoms with E-state index in [1.54, 1.807) is 44.2 Å². The lowest BCUT2D eigenvalue weighted by Crippen LogP contribution is -2.62. The van der Waals surface area contributed by atoms with E-state index in [1.807, 2.05) is 32.2 Å². The number of hydrogen-bond donors (Lipinski definition) is 2. The first-order valence-corrected chi connectivity index (χ1v) is 23.8. The SMILES string of the molecule is C=CC(=O)N(C)[C@H]1CC1N(C)C(=O)N(C)[C@H](C(=O)N[C@H]1Cc2nc(cs2)-c2ccc3c(c2)c(c(-c2cccnc2[C@H](C)OC)n3CC)CC(C)(C)COC(=O)[C@@H]2CCCN(N2)C1=O)C(C)C.S.S.S.S.S. The Morgan fingerprint density at radius 1 is 1.06 bits per heavy atom. The molecule has 1 unspecified atom stereocenters. The van der Waals surface area contributed by atoms with Gasteiger partial charge in [-0.25, -0.2) is 15.2 Å². The van der Waals surface area contributed by atoms with Gasteiger partial charge in [-0.2, -0.15) is 67.5 Å². The van der Waals surface area contributed by atoms with Crippen LogP contribution in [-0.2, 0) is 48.0 Å². The van der Waals surface area contributed by atoms with Crippen LogP contribution >= 0.6 is 78.8 Å². The third-order valence-electron chi connectivity index (χ3n) is 13.3. The van der Waals surface area contributed by atoms with Crippen molar-refractivity contribution in [2.75, 3.05) is 41.4 Å². The number of benzene rings is 1. The molecule has 394 valence electrons. The van der Waals surface area contributed by atoms with Gasteiger partial charge in [0.15, 0.2) is 0 Å². The molecule has 2 N–H and O–H groups in total. The molecule has 6 bridgehead atoms. The Morgan fingerprint density at radius 2 is 1.75 bits per heavy atom. The van der Waals surface area contributed by atoms with E-state index < -0.39 is 41.3 Å². The number of nitrogens with one attached hydrogen (secondary N) is 2. The number of rotatable bonds is 11. The molecule has 1 aromatic carbocycles. The highest BCUT2D eigenvalue weighted by Gasteiger charge is 2.48. The van der Waals surface area contributed by atoms with Gasteiger partial charge in [0.25, 0.3) is 5.91 Å². The minimum absolute atomic E-state index is 0. The van der Waals surface area contributed by atoms with Gasteiger partial charge in [0.05, 0.1) is 46.9 Å². The first-order valence-electron chi connectivity index (χ1n) is 22.9. The molecule has 71 heavy (non-hydrogen) atoms. The van der Waals surface area contributed by atoms with Gasteiger partial charge < -0.3 is 34.1 Å². The van der Waals surface area contributed by atoms with Crippen LogP contribution in [0.15, 0.2) is 54.6 Å². The lowest BCUT2D eigenvalue weighted by Gasteiger charge is -2.37. The topological polar surface area (TPSA) is 172 Å². The van der Waals surface area contributed by atoms with Crippen LogP contribution in [-0.4, -0.2) is 136 Å². The maximum Gasteiger partial charge on any atom is 0.324 e. The van der Waals surface area contributed by atoms with E-state index >= 15 is 0 Å². The zero-order chi connectivity index (χ0) is 47.8. The molecule has 3 aromatic heterocycles. The van der Waals surface area contributed by atoms with Crippen molar-refractivity contribution in [1.29, 1.82) is 0 Å². The molecule has 2 aliphatic heterocycles. The predicted molar refractivity (Wildman–Crippen MR) is 306 cm³/mol. The quantitative estimate of drug-likeness (QED) is 0.124. The largest absolute Gasteiger partial charge is 0.464 e. The van der Waals surface area contributed by atoms with E-state index in [4.69, 9.17) is 19.4 Å². The summed E-state index contributed by atoms with van der Waals surface area (Å²) >= 11 is 1.40. The summed E-state index contributed by atoms with van der Waals surface area (Å²) in [6.45, 7) is 16.7. The number of methoxy groups -OCH3 is 1. The molecule has 4 aromatic rings. The van der Waals surface area contributed by atoms with Gasteiger partial charge in [-0.05, 0) is 81.4 Å². The number of likely N-dealkylation sites (N-methyl/N-ethyl adjacent to an activating group) is 3.